The molecule has 0 aliphatic carbocycles. The summed E-state index contributed by atoms with van der Waals surface area (Å²) in [5.74, 6) is 0.373. The van der Waals surface area contributed by atoms with Crippen molar-refractivity contribution in [1.82, 2.24) is 9.62 Å². The molecule has 1 aromatic carbocycles. The molecule has 0 bridgehead atoms. The number of furan rings is 1. The first-order chi connectivity index (χ1) is 15.4. The van der Waals surface area contributed by atoms with E-state index in [2.05, 4.69) is 26.0 Å². The first-order valence-corrected chi connectivity index (χ1v) is 11.6. The van der Waals surface area contributed by atoms with Crippen LogP contribution in [0.1, 0.15) is 53.8 Å². The predicted molar refractivity (Wildman–Crippen MR) is 128 cm³/mol. The van der Waals surface area contributed by atoms with Crippen LogP contribution < -0.4 is 10.0 Å². The highest BCUT2D eigenvalue weighted by atomic mass is 32.2. The van der Waals surface area contributed by atoms with Crippen LogP contribution in [-0.4, -0.2) is 50.1 Å². The lowest BCUT2D eigenvalue weighted by Crippen LogP contribution is -2.31. The van der Waals surface area contributed by atoms with E-state index in [1.54, 1.807) is 46.1 Å². The molecule has 10 nitrogen and oxygen atoms in total. The van der Waals surface area contributed by atoms with Crippen molar-refractivity contribution in [2.75, 3.05) is 19.4 Å². The van der Waals surface area contributed by atoms with E-state index in [-0.39, 0.29) is 28.7 Å². The number of aromatic hydroxyl groups is 1. The summed E-state index contributed by atoms with van der Waals surface area (Å²) in [4.78, 5) is 18.5. The summed E-state index contributed by atoms with van der Waals surface area (Å²) in [6.45, 7) is 9.28. The Labute approximate surface area is 192 Å². The Kier molecular flexibility index (Phi) is 6.63. The van der Waals surface area contributed by atoms with Crippen LogP contribution in [0.2, 0.25) is 0 Å². The molecule has 0 fully saturated rings. The van der Waals surface area contributed by atoms with Gasteiger partial charge in [-0.3, -0.25) is 9.79 Å². The fourth-order valence-corrected chi connectivity index (χ4v) is 4.10. The molecule has 1 aliphatic rings. The number of phenolic OH excluding ortho intramolecular Hbond substituents is 1. The van der Waals surface area contributed by atoms with E-state index in [0.717, 1.165) is 0 Å². The summed E-state index contributed by atoms with van der Waals surface area (Å²) in [5, 5.41) is 13.7. The molecule has 3 rings (SSSR count). The van der Waals surface area contributed by atoms with Crippen molar-refractivity contribution in [3.05, 3.63) is 53.5 Å². The highest BCUT2D eigenvalue weighted by Crippen LogP contribution is 2.34. The third kappa shape index (κ3) is 5.08. The number of anilines is 1. The fourth-order valence-electron chi connectivity index (χ4n) is 3.29. The van der Waals surface area contributed by atoms with Gasteiger partial charge >= 0.3 is 10.2 Å². The number of hydrogen-bond donors (Lipinski definition) is 3. The summed E-state index contributed by atoms with van der Waals surface area (Å²) < 4.78 is 35.9. The highest BCUT2D eigenvalue weighted by Gasteiger charge is 2.30. The number of allylic oxidation sites excluding steroid dienone is 1. The third-order valence-electron chi connectivity index (χ3n) is 4.93. The van der Waals surface area contributed by atoms with Gasteiger partial charge in [0.15, 0.2) is 17.4 Å². The average molecular weight is 474 g/mol. The van der Waals surface area contributed by atoms with E-state index in [4.69, 9.17) is 4.42 Å². The minimum absolute atomic E-state index is 0.0280. The topological polar surface area (TPSA) is 137 Å². The maximum Gasteiger partial charge on any atom is 0.345 e. The number of rotatable bonds is 6. The van der Waals surface area contributed by atoms with Crippen molar-refractivity contribution < 1.29 is 22.7 Å². The van der Waals surface area contributed by atoms with Gasteiger partial charge < -0.3 is 19.7 Å². The van der Waals surface area contributed by atoms with Gasteiger partial charge in [-0.25, -0.2) is 4.72 Å². The zero-order valence-electron chi connectivity index (χ0n) is 19.1. The standard InChI is InChI=1S/C22H27N5O5S/c1-7-15(17-11-8-13(4)32-17)23-20-21(26-33(30,31)25-20)24-16-10-9-14(12(2)3)18(19(16)28)22(29)27(5)6/h8-11,15,28H,2,7H2,1,3-6H3,(H,23,25)(H,24,26)/t15-/m1/s1. The summed E-state index contributed by atoms with van der Waals surface area (Å²) in [6.07, 6.45) is 0.547. The summed E-state index contributed by atoms with van der Waals surface area (Å²) >= 11 is 0. The van der Waals surface area contributed by atoms with Gasteiger partial charge in [-0.1, -0.05) is 25.1 Å². The van der Waals surface area contributed by atoms with Crippen molar-refractivity contribution in [3.63, 3.8) is 0 Å². The number of carbonyl (C=O) groups excluding carboxylic acids is 1. The number of benzene rings is 1. The smallest absolute Gasteiger partial charge is 0.345 e. The van der Waals surface area contributed by atoms with Gasteiger partial charge in [-0.2, -0.15) is 8.42 Å². The van der Waals surface area contributed by atoms with Crippen molar-refractivity contribution in [2.45, 2.75) is 33.2 Å². The quantitative estimate of drug-likeness (QED) is 0.551. The van der Waals surface area contributed by atoms with Crippen molar-refractivity contribution in [2.24, 2.45) is 9.39 Å². The number of nitrogens with one attached hydrogen (secondary N) is 2. The average Bonchev–Trinajstić information content (AvgIpc) is 3.28. The number of amidine groups is 2. The Morgan fingerprint density at radius 1 is 1.33 bits per heavy atom. The molecule has 0 spiro atoms. The lowest BCUT2D eigenvalue weighted by Gasteiger charge is -2.18. The molecule has 1 amide bonds. The second-order valence-corrected chi connectivity index (χ2v) is 9.19. The first-order valence-electron chi connectivity index (χ1n) is 10.2. The van der Waals surface area contributed by atoms with Gasteiger partial charge in [0.25, 0.3) is 5.91 Å². The van der Waals surface area contributed by atoms with Crippen molar-refractivity contribution in [1.29, 1.82) is 0 Å². The van der Waals surface area contributed by atoms with Gasteiger partial charge in [0.1, 0.15) is 17.6 Å². The maximum absolute atomic E-state index is 12.7. The van der Waals surface area contributed by atoms with Crippen molar-refractivity contribution >= 4 is 39.0 Å². The second kappa shape index (κ2) is 9.10. The van der Waals surface area contributed by atoms with E-state index in [0.29, 0.717) is 29.1 Å². The lowest BCUT2D eigenvalue weighted by molar-refractivity contribution is 0.0824. The molecule has 33 heavy (non-hydrogen) atoms. The monoisotopic (exact) mass is 473 g/mol. The molecular weight excluding hydrogens is 446 g/mol. The number of nitrogens with zero attached hydrogens (tertiary/aromatic N) is 3. The molecule has 0 radical (unpaired) electrons. The van der Waals surface area contributed by atoms with Crippen molar-refractivity contribution in [3.8, 4) is 5.75 Å². The number of phenols is 1. The molecule has 0 saturated carbocycles. The minimum atomic E-state index is -4.03. The van der Waals surface area contributed by atoms with Gasteiger partial charge in [-0.15, -0.1) is 4.40 Å². The van der Waals surface area contributed by atoms with Crippen LogP contribution in [0.4, 0.5) is 5.69 Å². The molecule has 1 atom stereocenters. The minimum Gasteiger partial charge on any atom is -0.505 e. The largest absolute Gasteiger partial charge is 0.505 e. The molecule has 2 aromatic rings. The summed E-state index contributed by atoms with van der Waals surface area (Å²) in [5.41, 5.74) is 1.20. The molecule has 0 unspecified atom stereocenters. The molecule has 3 N–H and O–H groups in total. The summed E-state index contributed by atoms with van der Waals surface area (Å²) in [6, 6.07) is 6.27. The normalized spacial score (nSPS) is 16.8. The zero-order chi connectivity index (χ0) is 24.5. The Bertz CT molecular complexity index is 1270. The van der Waals surface area contributed by atoms with Gasteiger partial charge in [0, 0.05) is 14.1 Å². The number of hydrogen-bond acceptors (Lipinski definition) is 7. The first kappa shape index (κ1) is 24.1. The molecule has 1 aliphatic heterocycles. The SMILES string of the molecule is C=C(C)c1ccc(NC2=NS(=O)(=O)NC2=N[C@H](CC)c2ccc(C)o2)c(O)c1C(=O)N(C)C. The Balaban J connectivity index is 2.04. The highest BCUT2D eigenvalue weighted by molar-refractivity contribution is 7.89. The molecular formula is C22H27N5O5S. The van der Waals surface area contributed by atoms with E-state index in [1.165, 1.54) is 11.0 Å². The van der Waals surface area contributed by atoms with Crippen LogP contribution in [0.3, 0.4) is 0 Å². The molecule has 2 heterocycles. The lowest BCUT2D eigenvalue weighted by atomic mass is 9.98. The Morgan fingerprint density at radius 3 is 2.58 bits per heavy atom. The predicted octanol–water partition coefficient (Wildman–Crippen LogP) is 3.24. The second-order valence-electron chi connectivity index (χ2n) is 7.86. The van der Waals surface area contributed by atoms with E-state index >= 15 is 0 Å². The van der Waals surface area contributed by atoms with Crippen LogP contribution in [0.25, 0.3) is 5.57 Å². The maximum atomic E-state index is 12.7. The van der Waals surface area contributed by atoms with Gasteiger partial charge in [0.2, 0.25) is 0 Å². The number of amides is 1. The molecule has 1 aromatic heterocycles. The number of carbonyl (C=O) groups is 1. The fraction of sp³-hybridized carbons (Fsp3) is 0.318. The van der Waals surface area contributed by atoms with Crippen LogP contribution in [0.5, 0.6) is 5.75 Å². The number of aliphatic imine (C=N–C) groups is 1. The Morgan fingerprint density at radius 2 is 2.03 bits per heavy atom. The molecule has 11 heteroatoms. The molecule has 0 saturated heterocycles. The van der Waals surface area contributed by atoms with E-state index in [1.807, 2.05) is 6.92 Å². The zero-order valence-corrected chi connectivity index (χ0v) is 19.9. The van der Waals surface area contributed by atoms with Gasteiger partial charge in [0.05, 0.1) is 11.3 Å². The van der Waals surface area contributed by atoms with E-state index in [9.17, 15) is 18.3 Å². The van der Waals surface area contributed by atoms with Crippen LogP contribution in [0, 0.1) is 6.92 Å². The molecule has 176 valence electrons. The third-order valence-corrected chi connectivity index (χ3v) is 5.81. The van der Waals surface area contributed by atoms with Crippen LogP contribution in [-0.2, 0) is 10.2 Å². The van der Waals surface area contributed by atoms with Gasteiger partial charge in [-0.05, 0) is 44.0 Å². The van der Waals surface area contributed by atoms with Crippen LogP contribution in [0.15, 0.2) is 44.7 Å². The Hall–Kier alpha value is -3.60. The van der Waals surface area contributed by atoms with Crippen LogP contribution >= 0.6 is 0 Å². The summed E-state index contributed by atoms with van der Waals surface area (Å²) in [7, 11) is -0.901. The number of aryl methyl sites for hydroxylation is 1. The van der Waals surface area contributed by atoms with E-state index < -0.39 is 22.2 Å².